The molecule has 2 rings (SSSR count). The fourth-order valence-corrected chi connectivity index (χ4v) is 5.45. The van der Waals surface area contributed by atoms with Crippen LogP contribution >= 0.6 is 27.5 Å². The molecule has 2 heterocycles. The van der Waals surface area contributed by atoms with Gasteiger partial charge in [0.05, 0.1) is 11.5 Å². The predicted octanol–water partition coefficient (Wildman–Crippen LogP) is 0.917. The van der Waals surface area contributed by atoms with Crippen molar-refractivity contribution >= 4 is 47.4 Å². The largest absolute Gasteiger partial charge is 0.246 e. The molecule has 10 heteroatoms. The minimum Gasteiger partial charge on any atom is -0.242 e. The fourth-order valence-electron chi connectivity index (χ4n) is 1.66. The van der Waals surface area contributed by atoms with Gasteiger partial charge in [0.25, 0.3) is 0 Å². The van der Waals surface area contributed by atoms with Gasteiger partial charge in [-0.05, 0) is 22.0 Å². The van der Waals surface area contributed by atoms with E-state index in [-0.39, 0.29) is 34.6 Å². The Morgan fingerprint density at radius 2 is 1.89 bits per heavy atom. The van der Waals surface area contributed by atoms with E-state index in [9.17, 15) is 16.8 Å². The van der Waals surface area contributed by atoms with Gasteiger partial charge >= 0.3 is 0 Å². The van der Waals surface area contributed by atoms with Crippen LogP contribution in [0.5, 0.6) is 0 Å². The molecule has 1 fully saturated rings. The standard InChI is InChI=1S/C9H10BrClN2O4S2/c10-7-5-8(9(11)12-6-7)19(16,17)13-1-3-18(14,15)4-2-13/h5-6H,1-4H2. The maximum atomic E-state index is 12.4. The van der Waals surface area contributed by atoms with Crippen LogP contribution in [0, 0.1) is 0 Å². The molecule has 1 saturated heterocycles. The maximum Gasteiger partial charge on any atom is 0.246 e. The maximum absolute atomic E-state index is 12.4. The third-order valence-electron chi connectivity index (χ3n) is 2.69. The van der Waals surface area contributed by atoms with E-state index in [0.717, 1.165) is 4.31 Å². The zero-order valence-electron chi connectivity index (χ0n) is 9.58. The zero-order valence-corrected chi connectivity index (χ0v) is 13.6. The van der Waals surface area contributed by atoms with Gasteiger partial charge in [0.1, 0.15) is 10.0 Å². The molecule has 19 heavy (non-hydrogen) atoms. The van der Waals surface area contributed by atoms with Crippen molar-refractivity contribution in [1.29, 1.82) is 0 Å². The van der Waals surface area contributed by atoms with E-state index >= 15 is 0 Å². The Bertz CT molecular complexity index is 691. The summed E-state index contributed by atoms with van der Waals surface area (Å²) in [6.07, 6.45) is 1.39. The minimum absolute atomic E-state index is 0.0620. The summed E-state index contributed by atoms with van der Waals surface area (Å²) >= 11 is 8.93. The molecule has 0 radical (unpaired) electrons. The lowest BCUT2D eigenvalue weighted by Gasteiger charge is -2.26. The van der Waals surface area contributed by atoms with Gasteiger partial charge in [-0.2, -0.15) is 4.31 Å². The van der Waals surface area contributed by atoms with Crippen LogP contribution in [-0.2, 0) is 19.9 Å². The van der Waals surface area contributed by atoms with E-state index in [1.54, 1.807) is 0 Å². The summed E-state index contributed by atoms with van der Waals surface area (Å²) in [6, 6.07) is 1.35. The molecule has 0 atom stereocenters. The molecule has 106 valence electrons. The van der Waals surface area contributed by atoms with E-state index in [2.05, 4.69) is 20.9 Å². The summed E-state index contributed by atoms with van der Waals surface area (Å²) in [5, 5.41) is -0.128. The highest BCUT2D eigenvalue weighted by Gasteiger charge is 2.32. The normalized spacial score (nSPS) is 20.3. The highest BCUT2D eigenvalue weighted by atomic mass is 79.9. The Morgan fingerprint density at radius 1 is 1.32 bits per heavy atom. The molecule has 1 aliphatic rings. The lowest BCUT2D eigenvalue weighted by molar-refractivity contribution is 0.430. The Morgan fingerprint density at radius 3 is 2.47 bits per heavy atom. The van der Waals surface area contributed by atoms with Crippen LogP contribution in [0.3, 0.4) is 0 Å². The highest BCUT2D eigenvalue weighted by molar-refractivity contribution is 9.10. The molecule has 0 bridgehead atoms. The van der Waals surface area contributed by atoms with Crippen LogP contribution in [0.25, 0.3) is 0 Å². The first-order chi connectivity index (χ1) is 8.72. The average molecular weight is 390 g/mol. The third-order valence-corrected chi connectivity index (χ3v) is 7.06. The number of aromatic nitrogens is 1. The van der Waals surface area contributed by atoms with Crippen molar-refractivity contribution in [3.63, 3.8) is 0 Å². The molecule has 0 amide bonds. The molecule has 0 aromatic carbocycles. The second kappa shape index (κ2) is 5.28. The van der Waals surface area contributed by atoms with E-state index in [1.165, 1.54) is 12.3 Å². The van der Waals surface area contributed by atoms with Gasteiger partial charge in [0, 0.05) is 23.8 Å². The molecule has 0 unspecified atom stereocenters. The Hall–Kier alpha value is -0.220. The summed E-state index contributed by atoms with van der Waals surface area (Å²) in [4.78, 5) is 3.64. The molecule has 1 aromatic heterocycles. The average Bonchev–Trinajstić information content (AvgIpc) is 2.31. The van der Waals surface area contributed by atoms with Crippen LogP contribution in [-0.4, -0.2) is 50.7 Å². The van der Waals surface area contributed by atoms with Crippen LogP contribution in [0.1, 0.15) is 0 Å². The van der Waals surface area contributed by atoms with Crippen LogP contribution in [0.4, 0.5) is 0 Å². The SMILES string of the molecule is O=S1(=O)CCN(S(=O)(=O)c2cc(Br)cnc2Cl)CC1. The minimum atomic E-state index is -3.82. The molecule has 1 aromatic rings. The number of pyridine rings is 1. The topological polar surface area (TPSA) is 84.4 Å². The lowest BCUT2D eigenvalue weighted by atomic mass is 10.5. The van der Waals surface area contributed by atoms with E-state index in [1.807, 2.05) is 0 Å². The molecule has 0 N–H and O–H groups in total. The smallest absolute Gasteiger partial charge is 0.242 e. The zero-order chi connectivity index (χ0) is 14.3. The van der Waals surface area contributed by atoms with E-state index in [4.69, 9.17) is 11.6 Å². The summed E-state index contributed by atoms with van der Waals surface area (Å²) in [7, 11) is -6.96. The van der Waals surface area contributed by atoms with Crippen molar-refractivity contribution < 1.29 is 16.8 Å². The van der Waals surface area contributed by atoms with E-state index < -0.39 is 19.9 Å². The molecule has 6 nitrogen and oxygen atoms in total. The van der Waals surface area contributed by atoms with Crippen molar-refractivity contribution in [2.75, 3.05) is 24.6 Å². The van der Waals surface area contributed by atoms with Crippen molar-refractivity contribution in [2.45, 2.75) is 4.90 Å². The van der Waals surface area contributed by atoms with Gasteiger partial charge in [-0.1, -0.05) is 11.6 Å². The van der Waals surface area contributed by atoms with Crippen LogP contribution in [0.2, 0.25) is 5.15 Å². The van der Waals surface area contributed by atoms with Gasteiger partial charge in [-0.3, -0.25) is 0 Å². The fraction of sp³-hybridized carbons (Fsp3) is 0.444. The molecule has 0 spiro atoms. The Labute approximate surface area is 124 Å². The second-order valence-electron chi connectivity index (χ2n) is 4.00. The van der Waals surface area contributed by atoms with E-state index in [0.29, 0.717) is 4.47 Å². The molecule has 1 aliphatic heterocycles. The van der Waals surface area contributed by atoms with Gasteiger partial charge in [0.2, 0.25) is 10.0 Å². The first-order valence-electron chi connectivity index (χ1n) is 5.24. The van der Waals surface area contributed by atoms with Gasteiger partial charge < -0.3 is 0 Å². The van der Waals surface area contributed by atoms with Crippen molar-refractivity contribution in [3.05, 3.63) is 21.9 Å². The molecular formula is C9H10BrClN2O4S2. The van der Waals surface area contributed by atoms with Gasteiger partial charge in [-0.25, -0.2) is 21.8 Å². The lowest BCUT2D eigenvalue weighted by Crippen LogP contribution is -2.43. The van der Waals surface area contributed by atoms with Crippen LogP contribution < -0.4 is 0 Å². The Balaban J connectivity index is 2.36. The van der Waals surface area contributed by atoms with Crippen molar-refractivity contribution in [2.24, 2.45) is 0 Å². The molecular weight excluding hydrogens is 380 g/mol. The number of nitrogens with zero attached hydrogens (tertiary/aromatic N) is 2. The first-order valence-corrected chi connectivity index (χ1v) is 9.67. The Kier molecular flexibility index (Phi) is 4.22. The second-order valence-corrected chi connectivity index (χ2v) is 9.48. The van der Waals surface area contributed by atoms with Crippen molar-refractivity contribution in [1.82, 2.24) is 9.29 Å². The quantitative estimate of drug-likeness (QED) is 0.702. The van der Waals surface area contributed by atoms with Crippen molar-refractivity contribution in [3.8, 4) is 0 Å². The number of hydrogen-bond acceptors (Lipinski definition) is 5. The van der Waals surface area contributed by atoms with Gasteiger partial charge in [0.15, 0.2) is 9.84 Å². The first kappa shape index (κ1) is 15.2. The summed E-state index contributed by atoms with van der Waals surface area (Å²) in [5.41, 5.74) is 0. The number of sulfone groups is 1. The number of halogens is 2. The monoisotopic (exact) mass is 388 g/mol. The highest BCUT2D eigenvalue weighted by Crippen LogP contribution is 2.26. The summed E-state index contributed by atoms with van der Waals surface area (Å²) in [5.74, 6) is -0.351. The summed E-state index contributed by atoms with van der Waals surface area (Å²) in [6.45, 7) is -0.124. The van der Waals surface area contributed by atoms with Gasteiger partial charge in [-0.15, -0.1) is 0 Å². The predicted molar refractivity (Wildman–Crippen MR) is 74.4 cm³/mol. The molecule has 0 saturated carbocycles. The van der Waals surface area contributed by atoms with Crippen LogP contribution in [0.15, 0.2) is 21.6 Å². The molecule has 0 aliphatic carbocycles. The summed E-state index contributed by atoms with van der Waals surface area (Å²) < 4.78 is 48.9. The number of hydrogen-bond donors (Lipinski definition) is 0. The third kappa shape index (κ3) is 3.27. The number of rotatable bonds is 2. The number of sulfonamides is 1.